The van der Waals surface area contributed by atoms with Gasteiger partial charge >= 0.3 is 0 Å². The lowest BCUT2D eigenvalue weighted by Crippen LogP contribution is -2.40. The number of sulfone groups is 1. The molecule has 1 aliphatic rings. The van der Waals surface area contributed by atoms with Crippen LogP contribution >= 0.6 is 23.2 Å². The van der Waals surface area contributed by atoms with Crippen LogP contribution in [0.25, 0.3) is 0 Å². The zero-order chi connectivity index (χ0) is 17.9. The molecule has 1 aliphatic heterocycles. The molecular formula is C18H19Cl2NO3S. The van der Waals surface area contributed by atoms with Crippen molar-refractivity contribution in [2.45, 2.75) is 11.0 Å². The van der Waals surface area contributed by atoms with Crippen LogP contribution < -0.4 is 0 Å². The smallest absolute Gasteiger partial charge is 0.179 e. The van der Waals surface area contributed by atoms with Crippen molar-refractivity contribution in [1.29, 1.82) is 0 Å². The predicted molar refractivity (Wildman–Crippen MR) is 100 cm³/mol. The first-order valence-corrected chi connectivity index (χ1v) is 10.4. The third-order valence-electron chi connectivity index (χ3n) is 4.24. The Labute approximate surface area is 158 Å². The molecular weight excluding hydrogens is 381 g/mol. The predicted octanol–water partition coefficient (Wildman–Crippen LogP) is 3.84. The Morgan fingerprint density at radius 1 is 1.08 bits per heavy atom. The number of nitrogens with zero attached hydrogens (tertiary/aromatic N) is 1. The van der Waals surface area contributed by atoms with E-state index in [1.165, 1.54) is 0 Å². The van der Waals surface area contributed by atoms with Gasteiger partial charge in [0.25, 0.3) is 0 Å². The second kappa shape index (κ2) is 8.06. The standard InChI is InChI=1S/C18H19Cl2NO3S/c19-16-7-6-14(12-17(16)20)18-13-21(8-10-24-18)9-11-25(22,23)15-4-2-1-3-5-15/h1-7,12,18H,8-11,13H2. The molecule has 2 aromatic rings. The van der Waals surface area contributed by atoms with Gasteiger partial charge in [-0.15, -0.1) is 0 Å². The van der Waals surface area contributed by atoms with Gasteiger partial charge in [0.2, 0.25) is 0 Å². The van der Waals surface area contributed by atoms with Gasteiger partial charge in [-0.05, 0) is 29.8 Å². The molecule has 0 bridgehead atoms. The number of benzene rings is 2. The summed E-state index contributed by atoms with van der Waals surface area (Å²) in [7, 11) is -3.28. The SMILES string of the molecule is O=S(=O)(CCN1CCOC(c2ccc(Cl)c(Cl)c2)C1)c1ccccc1. The average Bonchev–Trinajstić information content (AvgIpc) is 2.63. The molecule has 1 atom stereocenters. The first-order chi connectivity index (χ1) is 12.0. The second-order valence-electron chi connectivity index (χ2n) is 5.97. The highest BCUT2D eigenvalue weighted by molar-refractivity contribution is 7.91. The molecule has 3 rings (SSSR count). The van der Waals surface area contributed by atoms with Crippen LogP contribution in [0.3, 0.4) is 0 Å². The van der Waals surface area contributed by atoms with Crippen molar-refractivity contribution >= 4 is 33.0 Å². The molecule has 4 nitrogen and oxygen atoms in total. The van der Waals surface area contributed by atoms with E-state index in [2.05, 4.69) is 4.90 Å². The maximum Gasteiger partial charge on any atom is 0.179 e. The minimum Gasteiger partial charge on any atom is -0.371 e. The zero-order valence-electron chi connectivity index (χ0n) is 13.6. The molecule has 1 fully saturated rings. The van der Waals surface area contributed by atoms with Crippen LogP contribution in [0.2, 0.25) is 10.0 Å². The van der Waals surface area contributed by atoms with Crippen molar-refractivity contribution in [1.82, 2.24) is 4.90 Å². The first kappa shape index (κ1) is 18.7. The van der Waals surface area contributed by atoms with E-state index in [0.29, 0.717) is 41.2 Å². The van der Waals surface area contributed by atoms with Crippen LogP contribution in [0, 0.1) is 0 Å². The first-order valence-electron chi connectivity index (χ1n) is 8.02. The van der Waals surface area contributed by atoms with Gasteiger partial charge in [0.05, 0.1) is 33.4 Å². The van der Waals surface area contributed by atoms with E-state index in [1.807, 2.05) is 12.1 Å². The third-order valence-corrected chi connectivity index (χ3v) is 6.69. The van der Waals surface area contributed by atoms with E-state index < -0.39 is 9.84 Å². The van der Waals surface area contributed by atoms with E-state index in [1.54, 1.807) is 36.4 Å². The molecule has 7 heteroatoms. The van der Waals surface area contributed by atoms with Crippen LogP contribution in [0.1, 0.15) is 11.7 Å². The molecule has 2 aromatic carbocycles. The van der Waals surface area contributed by atoms with Crippen LogP contribution in [0.15, 0.2) is 53.4 Å². The third kappa shape index (κ3) is 4.74. The summed E-state index contributed by atoms with van der Waals surface area (Å²) in [4.78, 5) is 2.47. The van der Waals surface area contributed by atoms with E-state index in [-0.39, 0.29) is 11.9 Å². The van der Waals surface area contributed by atoms with Gasteiger partial charge in [-0.3, -0.25) is 4.90 Å². The normalized spacial score (nSPS) is 19.0. The van der Waals surface area contributed by atoms with Crippen molar-refractivity contribution < 1.29 is 13.2 Å². The Morgan fingerprint density at radius 2 is 1.84 bits per heavy atom. The number of morpholine rings is 1. The minimum atomic E-state index is -3.28. The number of rotatable bonds is 5. The molecule has 1 heterocycles. The largest absolute Gasteiger partial charge is 0.371 e. The topological polar surface area (TPSA) is 46.6 Å². The maximum atomic E-state index is 12.4. The number of hydrogen-bond donors (Lipinski definition) is 0. The monoisotopic (exact) mass is 399 g/mol. The quantitative estimate of drug-likeness (QED) is 0.765. The number of hydrogen-bond acceptors (Lipinski definition) is 4. The lowest BCUT2D eigenvalue weighted by Gasteiger charge is -2.33. The van der Waals surface area contributed by atoms with Crippen LogP contribution in [-0.2, 0) is 14.6 Å². The summed E-state index contributed by atoms with van der Waals surface area (Å²) < 4.78 is 30.6. The molecule has 0 amide bonds. The Morgan fingerprint density at radius 3 is 2.56 bits per heavy atom. The summed E-state index contributed by atoms with van der Waals surface area (Å²) in [5.41, 5.74) is 0.949. The minimum absolute atomic E-state index is 0.0884. The summed E-state index contributed by atoms with van der Waals surface area (Å²) in [5.74, 6) is 0.0884. The fourth-order valence-electron chi connectivity index (χ4n) is 2.81. The Balaban J connectivity index is 1.63. The second-order valence-corrected chi connectivity index (χ2v) is 8.89. The van der Waals surface area contributed by atoms with Crippen LogP contribution in [-0.4, -0.2) is 45.3 Å². The van der Waals surface area contributed by atoms with Crippen LogP contribution in [0.5, 0.6) is 0 Å². The molecule has 134 valence electrons. The summed E-state index contributed by atoms with van der Waals surface area (Å²) in [5, 5.41) is 0.999. The fraction of sp³-hybridized carbons (Fsp3) is 0.333. The summed E-state index contributed by atoms with van der Waals surface area (Å²) in [6.45, 7) is 2.36. The lowest BCUT2D eigenvalue weighted by atomic mass is 10.1. The molecule has 25 heavy (non-hydrogen) atoms. The average molecular weight is 400 g/mol. The van der Waals surface area contributed by atoms with E-state index in [4.69, 9.17) is 27.9 Å². The van der Waals surface area contributed by atoms with E-state index in [0.717, 1.165) is 5.56 Å². The molecule has 1 unspecified atom stereocenters. The highest BCUT2D eigenvalue weighted by atomic mass is 35.5. The highest BCUT2D eigenvalue weighted by Crippen LogP contribution is 2.29. The molecule has 0 N–H and O–H groups in total. The van der Waals surface area contributed by atoms with Gasteiger partial charge < -0.3 is 4.74 Å². The van der Waals surface area contributed by atoms with Gasteiger partial charge in [-0.25, -0.2) is 8.42 Å². The number of halogens is 2. The Bertz CT molecular complexity index is 827. The van der Waals surface area contributed by atoms with Crippen molar-refractivity contribution in [2.24, 2.45) is 0 Å². The van der Waals surface area contributed by atoms with Crippen molar-refractivity contribution in [3.05, 3.63) is 64.1 Å². The molecule has 0 aromatic heterocycles. The van der Waals surface area contributed by atoms with Gasteiger partial charge in [0, 0.05) is 19.6 Å². The van der Waals surface area contributed by atoms with E-state index in [9.17, 15) is 8.42 Å². The van der Waals surface area contributed by atoms with E-state index >= 15 is 0 Å². The van der Waals surface area contributed by atoms with Gasteiger partial charge in [0.1, 0.15) is 0 Å². The summed E-state index contributed by atoms with van der Waals surface area (Å²) >= 11 is 12.0. The van der Waals surface area contributed by atoms with Crippen molar-refractivity contribution in [3.63, 3.8) is 0 Å². The lowest BCUT2D eigenvalue weighted by molar-refractivity contribution is -0.0279. The van der Waals surface area contributed by atoms with Gasteiger partial charge in [-0.1, -0.05) is 47.5 Å². The number of ether oxygens (including phenoxy) is 1. The molecule has 0 spiro atoms. The highest BCUT2D eigenvalue weighted by Gasteiger charge is 2.24. The van der Waals surface area contributed by atoms with Crippen LogP contribution in [0.4, 0.5) is 0 Å². The Hall–Kier alpha value is -1.11. The van der Waals surface area contributed by atoms with Gasteiger partial charge in [-0.2, -0.15) is 0 Å². The molecule has 0 saturated carbocycles. The van der Waals surface area contributed by atoms with Crippen molar-refractivity contribution in [2.75, 3.05) is 32.0 Å². The molecule has 0 aliphatic carbocycles. The molecule has 0 radical (unpaired) electrons. The molecule has 1 saturated heterocycles. The van der Waals surface area contributed by atoms with Gasteiger partial charge in [0.15, 0.2) is 9.84 Å². The Kier molecular flexibility index (Phi) is 6.02. The summed E-state index contributed by atoms with van der Waals surface area (Å²) in [6, 6.07) is 14.0. The summed E-state index contributed by atoms with van der Waals surface area (Å²) in [6.07, 6.45) is -0.136. The fourth-order valence-corrected chi connectivity index (χ4v) is 4.43. The van der Waals surface area contributed by atoms with Crippen molar-refractivity contribution in [3.8, 4) is 0 Å². The maximum absolute atomic E-state index is 12.4. The zero-order valence-corrected chi connectivity index (χ0v) is 15.9.